The Hall–Kier alpha value is -2.64. The Morgan fingerprint density at radius 3 is 1.74 bits per heavy atom. The molecule has 0 saturated heterocycles. The Morgan fingerprint density at radius 1 is 0.833 bits per heavy atom. The first-order valence-corrected chi connectivity index (χ1v) is 15.9. The number of halogens is 3. The van der Waals surface area contributed by atoms with Crippen molar-refractivity contribution in [2.24, 2.45) is 9.98 Å². The molecule has 0 atom stereocenters. The zero-order valence-corrected chi connectivity index (χ0v) is 28.1. The summed E-state index contributed by atoms with van der Waals surface area (Å²) in [5.74, 6) is 0.0820. The lowest BCUT2D eigenvalue weighted by Gasteiger charge is -2.19. The van der Waals surface area contributed by atoms with Gasteiger partial charge in [0.15, 0.2) is 5.76 Å². The molecule has 7 nitrogen and oxygen atoms in total. The van der Waals surface area contributed by atoms with Gasteiger partial charge in [-0.05, 0) is 83.0 Å². The molecule has 0 radical (unpaired) electrons. The Bertz CT molecular complexity index is 1410. The highest BCUT2D eigenvalue weighted by atomic mass is 35.5. The quantitative estimate of drug-likeness (QED) is 0.0892. The molecular formula is C31H37Cl3N3O4P. The van der Waals surface area contributed by atoms with Crippen LogP contribution in [0.3, 0.4) is 0 Å². The molecule has 0 aliphatic carbocycles. The van der Waals surface area contributed by atoms with E-state index in [1.807, 2.05) is 24.1 Å². The highest BCUT2D eigenvalue weighted by Crippen LogP contribution is 2.53. The number of hydrogen-bond donors (Lipinski definition) is 0. The fourth-order valence-electron chi connectivity index (χ4n) is 3.58. The standard InChI is InChI=1S/C19H23N3.C12H14Cl3O4P/c1-14-6-8-18(16(3)10-14)20-12-22(5)13-21-19-9-7-15(2)11-17(19)4;1-3-17-20(16,18-4-2)19-12(8-13)10-6-5-9(14)7-11(10)15/h6-13H,1-5H3;5-8H,3-4H2,1-2H3/b;12-8-. The highest BCUT2D eigenvalue weighted by molar-refractivity contribution is 7.48. The van der Waals surface area contributed by atoms with Crippen LogP contribution >= 0.6 is 42.6 Å². The summed E-state index contributed by atoms with van der Waals surface area (Å²) in [6.45, 7) is 12.0. The third-order valence-electron chi connectivity index (χ3n) is 5.54. The molecule has 3 aromatic carbocycles. The van der Waals surface area contributed by atoms with Gasteiger partial charge in [0.25, 0.3) is 0 Å². The zero-order chi connectivity index (χ0) is 31.3. The molecule has 0 spiro atoms. The second kappa shape index (κ2) is 17.5. The summed E-state index contributed by atoms with van der Waals surface area (Å²) >= 11 is 17.6. The fourth-order valence-corrected chi connectivity index (χ4v) is 5.51. The maximum absolute atomic E-state index is 12.3. The van der Waals surface area contributed by atoms with E-state index in [2.05, 4.69) is 61.9 Å². The number of aryl methyl sites for hydroxylation is 4. The SMILES string of the molecule is CCOP(=O)(OCC)O/C(=C\Cl)c1ccc(Cl)cc1Cl.Cc1ccc(N=CN(C)C=Nc2ccc(C)cc2C)c(C)c1. The number of nitrogens with zero attached hydrogens (tertiary/aromatic N) is 3. The van der Waals surface area contributed by atoms with Crippen LogP contribution in [0.1, 0.15) is 41.7 Å². The molecule has 0 unspecified atom stereocenters. The van der Waals surface area contributed by atoms with Crippen molar-refractivity contribution >= 4 is 72.4 Å². The van der Waals surface area contributed by atoms with Gasteiger partial charge in [0.2, 0.25) is 0 Å². The van der Waals surface area contributed by atoms with Gasteiger partial charge in [0, 0.05) is 23.2 Å². The van der Waals surface area contributed by atoms with Gasteiger partial charge in [-0.3, -0.25) is 9.05 Å². The van der Waals surface area contributed by atoms with E-state index in [0.717, 1.165) is 16.9 Å². The summed E-state index contributed by atoms with van der Waals surface area (Å²) < 4.78 is 27.6. The minimum Gasteiger partial charge on any atom is -0.402 e. The van der Waals surface area contributed by atoms with Crippen LogP contribution in [0.2, 0.25) is 10.0 Å². The van der Waals surface area contributed by atoms with Crippen LogP contribution in [-0.4, -0.2) is 37.8 Å². The van der Waals surface area contributed by atoms with Crippen LogP contribution in [0.4, 0.5) is 11.4 Å². The number of hydrogen-bond acceptors (Lipinski definition) is 6. The van der Waals surface area contributed by atoms with Crippen LogP contribution in [0, 0.1) is 27.7 Å². The Labute approximate surface area is 264 Å². The average molecular weight is 653 g/mol. The van der Waals surface area contributed by atoms with Crippen LogP contribution < -0.4 is 0 Å². The Balaban J connectivity index is 0.000000295. The molecule has 42 heavy (non-hydrogen) atoms. The number of benzene rings is 3. The van der Waals surface area contributed by atoms with E-state index in [-0.39, 0.29) is 19.0 Å². The van der Waals surface area contributed by atoms with Gasteiger partial charge in [-0.25, -0.2) is 14.5 Å². The largest absolute Gasteiger partial charge is 0.530 e. The van der Waals surface area contributed by atoms with E-state index in [1.165, 1.54) is 28.3 Å². The topological polar surface area (TPSA) is 72.7 Å². The van der Waals surface area contributed by atoms with Crippen LogP contribution in [0.15, 0.2) is 70.1 Å². The summed E-state index contributed by atoms with van der Waals surface area (Å²) in [6, 6.07) is 17.2. The summed E-state index contributed by atoms with van der Waals surface area (Å²) in [7, 11) is -1.80. The molecule has 0 heterocycles. The van der Waals surface area contributed by atoms with Gasteiger partial charge in [0.05, 0.1) is 42.3 Å². The molecule has 11 heteroatoms. The zero-order valence-electron chi connectivity index (χ0n) is 24.9. The van der Waals surface area contributed by atoms with E-state index in [1.54, 1.807) is 38.7 Å². The maximum atomic E-state index is 12.3. The number of aliphatic imine (C=N–C) groups is 2. The molecule has 0 bridgehead atoms. The molecule has 0 N–H and O–H groups in total. The third kappa shape index (κ3) is 11.6. The normalized spacial score (nSPS) is 12.0. The average Bonchev–Trinajstić information content (AvgIpc) is 2.92. The highest BCUT2D eigenvalue weighted by Gasteiger charge is 2.29. The first-order valence-electron chi connectivity index (χ1n) is 13.2. The van der Waals surface area contributed by atoms with Crippen molar-refractivity contribution < 1.29 is 18.1 Å². The van der Waals surface area contributed by atoms with Gasteiger partial charge in [-0.15, -0.1) is 0 Å². The minimum absolute atomic E-state index is 0.0820. The monoisotopic (exact) mass is 651 g/mol. The first kappa shape index (κ1) is 35.6. The Morgan fingerprint density at radius 2 is 1.33 bits per heavy atom. The smallest absolute Gasteiger partial charge is 0.402 e. The lowest BCUT2D eigenvalue weighted by Crippen LogP contribution is -2.12. The molecule has 0 saturated carbocycles. The van der Waals surface area contributed by atoms with E-state index in [9.17, 15) is 4.57 Å². The van der Waals surface area contributed by atoms with Crippen molar-refractivity contribution in [2.45, 2.75) is 41.5 Å². The van der Waals surface area contributed by atoms with E-state index in [4.69, 9.17) is 48.4 Å². The van der Waals surface area contributed by atoms with Crippen molar-refractivity contribution in [3.05, 3.63) is 98.0 Å². The first-order chi connectivity index (χ1) is 19.9. The summed E-state index contributed by atoms with van der Waals surface area (Å²) in [5.41, 5.74) is 8.37. The minimum atomic E-state index is -3.73. The van der Waals surface area contributed by atoms with Gasteiger partial charge < -0.3 is 9.42 Å². The van der Waals surface area contributed by atoms with Gasteiger partial charge in [0.1, 0.15) is 0 Å². The van der Waals surface area contributed by atoms with Gasteiger partial charge >= 0.3 is 7.82 Å². The predicted molar refractivity (Wildman–Crippen MR) is 178 cm³/mol. The molecule has 0 aliphatic rings. The number of rotatable bonds is 11. The van der Waals surface area contributed by atoms with E-state index >= 15 is 0 Å². The molecule has 0 aliphatic heterocycles. The molecule has 3 aromatic rings. The van der Waals surface area contributed by atoms with Crippen LogP contribution in [-0.2, 0) is 18.1 Å². The molecular weight excluding hydrogens is 616 g/mol. The molecule has 0 amide bonds. The van der Waals surface area contributed by atoms with E-state index in [0.29, 0.717) is 15.6 Å². The maximum Gasteiger partial charge on any atom is 0.530 e. The van der Waals surface area contributed by atoms with Gasteiger partial charge in [-0.2, -0.15) is 0 Å². The molecule has 0 fully saturated rings. The van der Waals surface area contributed by atoms with Crippen molar-refractivity contribution in [1.82, 2.24) is 4.90 Å². The summed E-state index contributed by atoms with van der Waals surface area (Å²) in [4.78, 5) is 10.9. The number of phosphoric ester groups is 1. The number of phosphoric acid groups is 1. The molecule has 226 valence electrons. The molecule has 3 rings (SSSR count). The van der Waals surface area contributed by atoms with Crippen LogP contribution in [0.25, 0.3) is 5.76 Å². The fraction of sp³-hybridized carbons (Fsp3) is 0.290. The van der Waals surface area contributed by atoms with E-state index < -0.39 is 7.82 Å². The van der Waals surface area contributed by atoms with Crippen molar-refractivity contribution in [3.63, 3.8) is 0 Å². The predicted octanol–water partition coefficient (Wildman–Crippen LogP) is 10.6. The lowest BCUT2D eigenvalue weighted by molar-refractivity contribution is 0.159. The van der Waals surface area contributed by atoms with Crippen molar-refractivity contribution in [1.29, 1.82) is 0 Å². The third-order valence-corrected chi connectivity index (χ3v) is 7.86. The second-order valence-corrected chi connectivity index (χ2v) is 11.9. The lowest BCUT2D eigenvalue weighted by atomic mass is 10.1. The van der Waals surface area contributed by atoms with Crippen LogP contribution in [0.5, 0.6) is 0 Å². The van der Waals surface area contributed by atoms with Gasteiger partial charge in [-0.1, -0.05) is 70.2 Å². The Kier molecular flexibility index (Phi) is 14.8. The summed E-state index contributed by atoms with van der Waals surface area (Å²) in [5, 5.41) is 0.773. The summed E-state index contributed by atoms with van der Waals surface area (Å²) in [6.07, 6.45) is 3.56. The van der Waals surface area contributed by atoms with Crippen molar-refractivity contribution in [2.75, 3.05) is 20.3 Å². The second-order valence-electron chi connectivity index (χ2n) is 9.21. The van der Waals surface area contributed by atoms with Crippen molar-refractivity contribution in [3.8, 4) is 0 Å². The molecule has 0 aromatic heterocycles.